The molecule has 1 atom stereocenters. The predicted molar refractivity (Wildman–Crippen MR) is 161 cm³/mol. The van der Waals surface area contributed by atoms with E-state index >= 15 is 0 Å². The van der Waals surface area contributed by atoms with Crippen LogP contribution in [0.25, 0.3) is 10.9 Å². The fourth-order valence-electron chi connectivity index (χ4n) is 5.60. The van der Waals surface area contributed by atoms with E-state index in [4.69, 9.17) is 4.74 Å². The molecule has 2 N–H and O–H groups in total. The van der Waals surface area contributed by atoms with Gasteiger partial charge in [-0.25, -0.2) is 4.98 Å². The van der Waals surface area contributed by atoms with E-state index in [1.54, 1.807) is 13.3 Å². The summed E-state index contributed by atoms with van der Waals surface area (Å²) >= 11 is 0. The molecule has 0 bridgehead atoms. The van der Waals surface area contributed by atoms with E-state index in [2.05, 4.69) is 67.3 Å². The normalized spacial score (nSPS) is 15.3. The number of piperidine rings is 1. The maximum Gasteiger partial charge on any atom is 0.256 e. The highest BCUT2D eigenvalue weighted by Crippen LogP contribution is 2.31. The predicted octanol–water partition coefficient (Wildman–Crippen LogP) is 5.17. The van der Waals surface area contributed by atoms with Gasteiger partial charge in [-0.15, -0.1) is 0 Å². The van der Waals surface area contributed by atoms with Crippen molar-refractivity contribution in [2.75, 3.05) is 50.1 Å². The molecule has 8 heteroatoms. The van der Waals surface area contributed by atoms with Crippen LogP contribution < -0.4 is 10.2 Å². The van der Waals surface area contributed by atoms with E-state index in [0.717, 1.165) is 43.9 Å². The van der Waals surface area contributed by atoms with Gasteiger partial charge in [0, 0.05) is 73.5 Å². The number of rotatable bonds is 10. The number of aryl methyl sites for hydroxylation is 1. The maximum absolute atomic E-state index is 13.1. The Labute approximate surface area is 236 Å². The quantitative estimate of drug-likeness (QED) is 0.288. The minimum absolute atomic E-state index is 0.183. The van der Waals surface area contributed by atoms with Crippen molar-refractivity contribution in [2.45, 2.75) is 31.8 Å². The number of carbonyl (C=O) groups excluding carboxylic acids is 1. The Balaban J connectivity index is 1.27. The number of anilines is 3. The van der Waals surface area contributed by atoms with E-state index in [0.29, 0.717) is 30.5 Å². The summed E-state index contributed by atoms with van der Waals surface area (Å²) in [6.45, 7) is 5.76. The molecule has 1 unspecified atom stereocenters. The Bertz CT molecular complexity index is 1420. The third-order valence-corrected chi connectivity index (χ3v) is 7.75. The molecule has 0 aliphatic carbocycles. The van der Waals surface area contributed by atoms with E-state index in [1.807, 2.05) is 38.2 Å². The van der Waals surface area contributed by atoms with Crippen molar-refractivity contribution in [2.24, 2.45) is 7.05 Å². The largest absolute Gasteiger partial charge is 0.392 e. The first-order chi connectivity index (χ1) is 19.4. The van der Waals surface area contributed by atoms with Crippen molar-refractivity contribution in [3.05, 3.63) is 84.2 Å². The van der Waals surface area contributed by atoms with Crippen LogP contribution >= 0.6 is 0 Å². The number of hydrogen-bond donors (Lipinski definition) is 2. The zero-order chi connectivity index (χ0) is 28.1. The number of nitrogens with zero attached hydrogens (tertiary/aromatic N) is 4. The van der Waals surface area contributed by atoms with Gasteiger partial charge in [-0.05, 0) is 86.8 Å². The van der Waals surface area contributed by atoms with Gasteiger partial charge in [0.2, 0.25) is 0 Å². The first kappa shape index (κ1) is 27.8. The second-order valence-corrected chi connectivity index (χ2v) is 10.7. The number of amides is 1. The number of carbonyl (C=O) groups is 1. The zero-order valence-electron chi connectivity index (χ0n) is 23.6. The van der Waals surface area contributed by atoms with Crippen molar-refractivity contribution in [1.29, 1.82) is 0 Å². The number of ether oxygens (including phenoxy) is 1. The van der Waals surface area contributed by atoms with Gasteiger partial charge >= 0.3 is 0 Å². The third-order valence-electron chi connectivity index (χ3n) is 7.75. The van der Waals surface area contributed by atoms with Gasteiger partial charge < -0.3 is 29.5 Å². The van der Waals surface area contributed by atoms with Gasteiger partial charge in [-0.3, -0.25) is 4.79 Å². The lowest BCUT2D eigenvalue weighted by molar-refractivity contribution is 0.102. The van der Waals surface area contributed by atoms with Crippen LogP contribution in [0.15, 0.2) is 73.1 Å². The van der Waals surface area contributed by atoms with Gasteiger partial charge in [-0.1, -0.05) is 12.1 Å². The van der Waals surface area contributed by atoms with Crippen LogP contribution in [0.1, 0.15) is 41.6 Å². The van der Waals surface area contributed by atoms with E-state index < -0.39 is 0 Å². The number of aliphatic hydroxyl groups excluding tert-OH is 1. The summed E-state index contributed by atoms with van der Waals surface area (Å²) in [6, 6.07) is 20.3. The molecule has 40 heavy (non-hydrogen) atoms. The second-order valence-electron chi connectivity index (χ2n) is 10.7. The summed E-state index contributed by atoms with van der Waals surface area (Å²) in [5.41, 5.74) is 5.01. The summed E-state index contributed by atoms with van der Waals surface area (Å²) in [7, 11) is 3.74. The highest BCUT2D eigenvalue weighted by molar-refractivity contribution is 6.04. The van der Waals surface area contributed by atoms with Crippen LogP contribution in [0.4, 0.5) is 17.2 Å². The summed E-state index contributed by atoms with van der Waals surface area (Å²) in [5, 5.41) is 13.8. The van der Waals surface area contributed by atoms with Crippen molar-refractivity contribution < 1.29 is 14.6 Å². The van der Waals surface area contributed by atoms with Crippen molar-refractivity contribution in [3.63, 3.8) is 0 Å². The standard InChI is InChI=1S/C32H39N5O3/c1-23(38)22-36-16-12-25(13-17-36)24-4-6-26(7-5-24)32(39)34-31-21-29(10-14-33-31)37(18-19-40-3)28-8-9-30-27(20-28)11-15-35(30)2/h4-11,14-15,20-21,23,25,38H,12-13,16-19,22H2,1-3H3,(H,33,34,39). The van der Waals surface area contributed by atoms with Crippen LogP contribution in [0.5, 0.6) is 0 Å². The molecule has 4 aromatic rings. The minimum Gasteiger partial charge on any atom is -0.392 e. The Hall–Kier alpha value is -3.72. The Morgan fingerprint density at radius 3 is 2.58 bits per heavy atom. The molecule has 8 nitrogen and oxygen atoms in total. The SMILES string of the molecule is COCCN(c1ccnc(NC(=O)c2ccc(C3CCN(CC(C)O)CC3)cc2)c1)c1ccc2c(ccn2C)c1. The van der Waals surface area contributed by atoms with Crippen LogP contribution in [0, 0.1) is 0 Å². The van der Waals surface area contributed by atoms with Gasteiger partial charge in [0.15, 0.2) is 0 Å². The number of fused-ring (bicyclic) bond motifs is 1. The number of methoxy groups -OCH3 is 1. The summed E-state index contributed by atoms with van der Waals surface area (Å²) in [5.74, 6) is 0.797. The van der Waals surface area contributed by atoms with Crippen molar-refractivity contribution in [3.8, 4) is 0 Å². The molecular weight excluding hydrogens is 502 g/mol. The number of benzene rings is 2. The molecule has 3 heterocycles. The molecule has 0 radical (unpaired) electrons. The van der Waals surface area contributed by atoms with E-state index in [-0.39, 0.29) is 12.0 Å². The molecule has 2 aromatic carbocycles. The Morgan fingerprint density at radius 1 is 1.10 bits per heavy atom. The topological polar surface area (TPSA) is 82.9 Å². The Morgan fingerprint density at radius 2 is 1.85 bits per heavy atom. The lowest BCUT2D eigenvalue weighted by atomic mass is 9.89. The van der Waals surface area contributed by atoms with Crippen molar-refractivity contribution in [1.82, 2.24) is 14.5 Å². The smallest absolute Gasteiger partial charge is 0.256 e. The van der Waals surface area contributed by atoms with Crippen LogP contribution in [-0.4, -0.2) is 71.5 Å². The lowest BCUT2D eigenvalue weighted by Crippen LogP contribution is -2.37. The number of nitrogens with one attached hydrogen (secondary N) is 1. The molecule has 0 spiro atoms. The fourth-order valence-corrected chi connectivity index (χ4v) is 5.60. The monoisotopic (exact) mass is 541 g/mol. The second kappa shape index (κ2) is 12.6. The molecule has 0 saturated carbocycles. The van der Waals surface area contributed by atoms with Gasteiger partial charge in [0.25, 0.3) is 5.91 Å². The molecule has 1 fully saturated rings. The molecule has 1 aliphatic heterocycles. The van der Waals surface area contributed by atoms with Crippen molar-refractivity contribution >= 4 is 34.0 Å². The van der Waals surface area contributed by atoms with Gasteiger partial charge in [0.05, 0.1) is 12.7 Å². The minimum atomic E-state index is -0.295. The first-order valence-electron chi connectivity index (χ1n) is 14.0. The molecule has 1 amide bonds. The highest BCUT2D eigenvalue weighted by Gasteiger charge is 2.21. The first-order valence-corrected chi connectivity index (χ1v) is 14.0. The molecular formula is C32H39N5O3. The molecule has 1 aliphatic rings. The van der Waals surface area contributed by atoms with E-state index in [9.17, 15) is 9.90 Å². The summed E-state index contributed by atoms with van der Waals surface area (Å²) in [4.78, 5) is 22.0. The average molecular weight is 542 g/mol. The summed E-state index contributed by atoms with van der Waals surface area (Å²) < 4.78 is 7.49. The van der Waals surface area contributed by atoms with Crippen LogP contribution in [0.2, 0.25) is 0 Å². The number of aliphatic hydroxyl groups is 1. The molecule has 2 aromatic heterocycles. The molecule has 1 saturated heterocycles. The number of hydrogen-bond acceptors (Lipinski definition) is 6. The number of β-amino-alcohol motifs (C(OH)–C–C–N with tert-alkyl or cyclic N) is 1. The lowest BCUT2D eigenvalue weighted by Gasteiger charge is -2.32. The van der Waals surface area contributed by atoms with Crippen LogP contribution in [-0.2, 0) is 11.8 Å². The zero-order valence-corrected chi connectivity index (χ0v) is 23.6. The molecule has 5 rings (SSSR count). The Kier molecular flexibility index (Phi) is 8.79. The average Bonchev–Trinajstić information content (AvgIpc) is 3.33. The highest BCUT2D eigenvalue weighted by atomic mass is 16.5. The third kappa shape index (κ3) is 6.53. The number of likely N-dealkylation sites (tertiary alicyclic amines) is 1. The van der Waals surface area contributed by atoms with Gasteiger partial charge in [0.1, 0.15) is 5.82 Å². The molecule has 210 valence electrons. The fraction of sp³-hybridized carbons (Fsp3) is 0.375. The maximum atomic E-state index is 13.1. The van der Waals surface area contributed by atoms with Gasteiger partial charge in [-0.2, -0.15) is 0 Å². The number of pyridine rings is 1. The van der Waals surface area contributed by atoms with Crippen LogP contribution in [0.3, 0.4) is 0 Å². The summed E-state index contributed by atoms with van der Waals surface area (Å²) in [6.07, 6.45) is 5.61. The van der Waals surface area contributed by atoms with E-state index in [1.165, 1.54) is 16.5 Å². The number of aromatic nitrogens is 2.